The number of benzene rings is 1. The Morgan fingerprint density at radius 1 is 0.775 bits per heavy atom. The van der Waals surface area contributed by atoms with Gasteiger partial charge in [-0.15, -0.1) is 0 Å². The van der Waals surface area contributed by atoms with E-state index in [0.29, 0.717) is 29.9 Å². The van der Waals surface area contributed by atoms with Crippen LogP contribution in [0.1, 0.15) is 133 Å². The van der Waals surface area contributed by atoms with Crippen LogP contribution in [0.3, 0.4) is 0 Å². The van der Waals surface area contributed by atoms with Gasteiger partial charge < -0.3 is 4.74 Å². The zero-order valence-corrected chi connectivity index (χ0v) is 25.1. The van der Waals surface area contributed by atoms with Gasteiger partial charge in [0.15, 0.2) is 11.6 Å². The summed E-state index contributed by atoms with van der Waals surface area (Å²) in [6.07, 6.45) is 20.4. The summed E-state index contributed by atoms with van der Waals surface area (Å²) < 4.78 is 50.9. The molecular weight excluding hydrogens is 507 g/mol. The van der Waals surface area contributed by atoms with Gasteiger partial charge in [-0.05, 0) is 74.1 Å². The number of hydrogen-bond acceptors (Lipinski definition) is 2. The van der Waals surface area contributed by atoms with Crippen molar-refractivity contribution in [3.05, 3.63) is 52.5 Å². The lowest BCUT2D eigenvalue weighted by atomic mass is 9.80. The molecule has 2 aromatic rings. The van der Waals surface area contributed by atoms with Crippen molar-refractivity contribution in [2.45, 2.75) is 136 Å². The predicted molar refractivity (Wildman–Crippen MR) is 160 cm³/mol. The summed E-state index contributed by atoms with van der Waals surface area (Å²) in [7, 11) is 0. The number of pyridine rings is 1. The Morgan fingerprint density at radius 3 is 2.12 bits per heavy atom. The standard InChI is InChI=1S/C35H52F3NO/c1-3-5-7-9-10-11-13-17-27-19-20-29-26-31(34(37)33(36)30(29)25-27)32-22-21-28(35(38)39-32)18-14-12-16-24-40-23-15-8-6-4-2/h21-22,26-27H,3-20,23-25H2,1-2H3. The summed E-state index contributed by atoms with van der Waals surface area (Å²) in [6, 6.07) is 5.02. The normalized spacial score (nSPS) is 15.0. The molecule has 0 spiro atoms. The fourth-order valence-electron chi connectivity index (χ4n) is 5.96. The van der Waals surface area contributed by atoms with E-state index in [4.69, 9.17) is 4.74 Å². The van der Waals surface area contributed by atoms with Gasteiger partial charge in [0, 0.05) is 24.3 Å². The second kappa shape index (κ2) is 18.5. The lowest BCUT2D eigenvalue weighted by Crippen LogP contribution is -2.17. The van der Waals surface area contributed by atoms with Gasteiger partial charge in [0.2, 0.25) is 5.95 Å². The van der Waals surface area contributed by atoms with E-state index in [0.717, 1.165) is 70.1 Å². The minimum absolute atomic E-state index is 0.0725. The molecule has 0 amide bonds. The third-order valence-corrected chi connectivity index (χ3v) is 8.51. The molecule has 0 fully saturated rings. The smallest absolute Gasteiger partial charge is 0.216 e. The molecule has 1 atom stereocenters. The SMILES string of the molecule is CCCCCCCCCC1CCc2cc(-c3ccc(CCCCCOCCCCCC)c(F)n3)c(F)c(F)c2C1. The van der Waals surface area contributed by atoms with Crippen LogP contribution in [-0.2, 0) is 24.0 Å². The topological polar surface area (TPSA) is 22.1 Å². The molecule has 1 aliphatic rings. The summed E-state index contributed by atoms with van der Waals surface area (Å²) in [5, 5.41) is 0. The Bertz CT molecular complexity index is 1010. The first kappa shape index (κ1) is 32.6. The second-order valence-electron chi connectivity index (χ2n) is 11.8. The number of rotatable bonds is 20. The maximum Gasteiger partial charge on any atom is 0.216 e. The van der Waals surface area contributed by atoms with E-state index in [-0.39, 0.29) is 11.3 Å². The van der Waals surface area contributed by atoms with Crippen LogP contribution < -0.4 is 0 Å². The number of unbranched alkanes of at least 4 members (excludes halogenated alkanes) is 11. The van der Waals surface area contributed by atoms with Crippen molar-refractivity contribution in [1.82, 2.24) is 4.98 Å². The highest BCUT2D eigenvalue weighted by molar-refractivity contribution is 5.63. The summed E-state index contributed by atoms with van der Waals surface area (Å²) in [5.74, 6) is -1.84. The third-order valence-electron chi connectivity index (χ3n) is 8.51. The molecule has 0 saturated heterocycles. The van der Waals surface area contributed by atoms with E-state index in [1.807, 2.05) is 0 Å². The second-order valence-corrected chi connectivity index (χ2v) is 11.8. The highest BCUT2D eigenvalue weighted by Crippen LogP contribution is 2.36. The Balaban J connectivity index is 1.47. The first-order valence-corrected chi connectivity index (χ1v) is 16.3. The molecule has 3 rings (SSSR count). The van der Waals surface area contributed by atoms with E-state index >= 15 is 8.78 Å². The lowest BCUT2D eigenvalue weighted by molar-refractivity contribution is 0.126. The number of aromatic nitrogens is 1. The molecule has 224 valence electrons. The van der Waals surface area contributed by atoms with Crippen molar-refractivity contribution in [1.29, 1.82) is 0 Å². The molecule has 5 heteroatoms. The molecule has 1 heterocycles. The third kappa shape index (κ3) is 10.5. The van der Waals surface area contributed by atoms with E-state index in [1.54, 1.807) is 18.2 Å². The molecular formula is C35H52F3NO. The van der Waals surface area contributed by atoms with Crippen LogP contribution in [0, 0.1) is 23.5 Å². The van der Waals surface area contributed by atoms with Crippen LogP contribution >= 0.6 is 0 Å². The van der Waals surface area contributed by atoms with E-state index in [1.165, 1.54) is 57.8 Å². The fourth-order valence-corrected chi connectivity index (χ4v) is 5.96. The van der Waals surface area contributed by atoms with E-state index in [9.17, 15) is 4.39 Å². The Kier molecular flexibility index (Phi) is 15.1. The van der Waals surface area contributed by atoms with E-state index < -0.39 is 17.6 Å². The van der Waals surface area contributed by atoms with Crippen molar-refractivity contribution < 1.29 is 17.9 Å². The van der Waals surface area contributed by atoms with Crippen molar-refractivity contribution >= 4 is 0 Å². The molecule has 0 N–H and O–H groups in total. The Hall–Kier alpha value is -1.88. The van der Waals surface area contributed by atoms with Crippen LogP contribution in [-0.4, -0.2) is 18.2 Å². The van der Waals surface area contributed by atoms with Crippen LogP contribution in [0.25, 0.3) is 11.3 Å². The molecule has 1 aliphatic carbocycles. The van der Waals surface area contributed by atoms with Crippen molar-refractivity contribution in [2.24, 2.45) is 5.92 Å². The number of ether oxygens (including phenoxy) is 1. The summed E-state index contributed by atoms with van der Waals surface area (Å²) >= 11 is 0. The Morgan fingerprint density at radius 2 is 1.43 bits per heavy atom. The van der Waals surface area contributed by atoms with Crippen LogP contribution in [0.4, 0.5) is 13.2 Å². The molecule has 1 unspecified atom stereocenters. The average Bonchev–Trinajstić information content (AvgIpc) is 2.96. The summed E-state index contributed by atoms with van der Waals surface area (Å²) in [6.45, 7) is 5.99. The molecule has 40 heavy (non-hydrogen) atoms. The van der Waals surface area contributed by atoms with Gasteiger partial charge in [0.1, 0.15) is 0 Å². The van der Waals surface area contributed by atoms with Crippen molar-refractivity contribution in [2.75, 3.05) is 13.2 Å². The lowest BCUT2D eigenvalue weighted by Gasteiger charge is -2.26. The average molecular weight is 560 g/mol. The van der Waals surface area contributed by atoms with Gasteiger partial charge in [-0.2, -0.15) is 4.39 Å². The van der Waals surface area contributed by atoms with Gasteiger partial charge in [0.25, 0.3) is 0 Å². The zero-order chi connectivity index (χ0) is 28.6. The van der Waals surface area contributed by atoms with Crippen LogP contribution in [0.2, 0.25) is 0 Å². The van der Waals surface area contributed by atoms with Crippen molar-refractivity contribution in [3.63, 3.8) is 0 Å². The Labute approximate surface area is 241 Å². The van der Waals surface area contributed by atoms with Gasteiger partial charge in [-0.1, -0.05) is 97.0 Å². The monoisotopic (exact) mass is 559 g/mol. The number of halogens is 3. The highest BCUT2D eigenvalue weighted by atomic mass is 19.2. The van der Waals surface area contributed by atoms with E-state index in [2.05, 4.69) is 18.8 Å². The number of fused-ring (bicyclic) bond motifs is 1. The number of hydrogen-bond donors (Lipinski definition) is 0. The maximum absolute atomic E-state index is 15.2. The van der Waals surface area contributed by atoms with Crippen LogP contribution in [0.5, 0.6) is 0 Å². The fraction of sp³-hybridized carbons (Fsp3) is 0.686. The molecule has 0 saturated carbocycles. The van der Waals surface area contributed by atoms with Gasteiger partial charge in [0.05, 0.1) is 5.69 Å². The quantitative estimate of drug-likeness (QED) is 0.119. The summed E-state index contributed by atoms with van der Waals surface area (Å²) in [5.41, 5.74) is 2.13. The van der Waals surface area contributed by atoms with Gasteiger partial charge in [-0.25, -0.2) is 13.8 Å². The molecule has 0 radical (unpaired) electrons. The van der Waals surface area contributed by atoms with Crippen LogP contribution in [0.15, 0.2) is 18.2 Å². The molecule has 0 bridgehead atoms. The highest BCUT2D eigenvalue weighted by Gasteiger charge is 2.26. The first-order chi connectivity index (χ1) is 19.5. The zero-order valence-electron chi connectivity index (χ0n) is 25.1. The summed E-state index contributed by atoms with van der Waals surface area (Å²) in [4.78, 5) is 4.05. The minimum atomic E-state index is -0.898. The maximum atomic E-state index is 15.2. The van der Waals surface area contributed by atoms with Gasteiger partial charge in [-0.3, -0.25) is 0 Å². The molecule has 0 aliphatic heterocycles. The largest absolute Gasteiger partial charge is 0.381 e. The molecule has 1 aromatic heterocycles. The van der Waals surface area contributed by atoms with Crippen molar-refractivity contribution in [3.8, 4) is 11.3 Å². The number of aryl methyl sites for hydroxylation is 2. The van der Waals surface area contributed by atoms with Gasteiger partial charge >= 0.3 is 0 Å². The minimum Gasteiger partial charge on any atom is -0.381 e. The number of nitrogens with zero attached hydrogens (tertiary/aromatic N) is 1. The molecule has 2 nitrogen and oxygen atoms in total. The first-order valence-electron chi connectivity index (χ1n) is 16.3. The molecule has 1 aromatic carbocycles. The predicted octanol–water partition coefficient (Wildman–Crippen LogP) is 10.7.